The molecule has 0 unspecified atom stereocenters. The van der Waals surface area contributed by atoms with Gasteiger partial charge in [-0.1, -0.05) is 40.2 Å². The van der Waals surface area contributed by atoms with E-state index < -0.39 is 4.92 Å². The number of carbonyl (C=O) groups is 1. The molecule has 0 heterocycles. The van der Waals surface area contributed by atoms with E-state index in [9.17, 15) is 14.9 Å². The number of carbonyl (C=O) groups excluding carboxylic acids is 1. The molecule has 1 N–H and O–H groups in total. The van der Waals surface area contributed by atoms with Crippen molar-refractivity contribution in [3.8, 4) is 0 Å². The van der Waals surface area contributed by atoms with Crippen LogP contribution >= 0.6 is 15.9 Å². The van der Waals surface area contributed by atoms with Gasteiger partial charge >= 0.3 is 0 Å². The monoisotopic (exact) mass is 384 g/mol. The van der Waals surface area contributed by atoms with E-state index in [0.29, 0.717) is 16.8 Å². The SMILES string of the molecule is Cc1cc([N+](=O)[O-])ccc1NC(=O)c1cccc2c(Br)cccc12. The Kier molecular flexibility index (Phi) is 4.31. The smallest absolute Gasteiger partial charge is 0.269 e. The van der Waals surface area contributed by atoms with Crippen LogP contribution in [-0.2, 0) is 0 Å². The lowest BCUT2D eigenvalue weighted by molar-refractivity contribution is -0.384. The molecule has 0 fully saturated rings. The summed E-state index contributed by atoms with van der Waals surface area (Å²) in [6, 6.07) is 15.6. The van der Waals surface area contributed by atoms with Crippen LogP contribution in [0.25, 0.3) is 10.8 Å². The largest absolute Gasteiger partial charge is 0.322 e. The summed E-state index contributed by atoms with van der Waals surface area (Å²) in [6.45, 7) is 1.72. The molecular weight excluding hydrogens is 372 g/mol. The number of nitrogens with zero attached hydrogens (tertiary/aromatic N) is 1. The topological polar surface area (TPSA) is 72.2 Å². The van der Waals surface area contributed by atoms with Gasteiger partial charge < -0.3 is 5.32 Å². The summed E-state index contributed by atoms with van der Waals surface area (Å²) in [4.78, 5) is 23.0. The van der Waals surface area contributed by atoms with Gasteiger partial charge in [-0.05, 0) is 41.5 Å². The Morgan fingerprint density at radius 2 is 1.79 bits per heavy atom. The molecular formula is C18H13BrN2O3. The summed E-state index contributed by atoms with van der Waals surface area (Å²) in [6.07, 6.45) is 0. The molecule has 120 valence electrons. The first kappa shape index (κ1) is 16.1. The molecule has 24 heavy (non-hydrogen) atoms. The van der Waals surface area contributed by atoms with Gasteiger partial charge in [0.15, 0.2) is 0 Å². The van der Waals surface area contributed by atoms with Gasteiger partial charge in [0, 0.05) is 27.9 Å². The minimum atomic E-state index is -0.458. The molecule has 3 aromatic rings. The summed E-state index contributed by atoms with van der Waals surface area (Å²) in [7, 11) is 0. The fourth-order valence-corrected chi connectivity index (χ4v) is 3.06. The van der Waals surface area contributed by atoms with Crippen molar-refractivity contribution in [2.45, 2.75) is 6.92 Å². The molecule has 0 bridgehead atoms. The van der Waals surface area contributed by atoms with Crippen molar-refractivity contribution in [1.82, 2.24) is 0 Å². The predicted molar refractivity (Wildman–Crippen MR) is 97.4 cm³/mol. The van der Waals surface area contributed by atoms with Gasteiger partial charge in [-0.25, -0.2) is 0 Å². The average Bonchev–Trinajstić information content (AvgIpc) is 2.56. The van der Waals surface area contributed by atoms with Crippen LogP contribution in [0.1, 0.15) is 15.9 Å². The molecule has 0 saturated carbocycles. The Hall–Kier alpha value is -2.73. The molecule has 1 amide bonds. The van der Waals surface area contributed by atoms with Crippen LogP contribution in [0.5, 0.6) is 0 Å². The number of aryl methyl sites for hydroxylation is 1. The lowest BCUT2D eigenvalue weighted by Gasteiger charge is -2.11. The van der Waals surface area contributed by atoms with E-state index in [0.717, 1.165) is 15.2 Å². The highest BCUT2D eigenvalue weighted by molar-refractivity contribution is 9.10. The third kappa shape index (κ3) is 3.00. The highest BCUT2D eigenvalue weighted by Crippen LogP contribution is 2.27. The third-order valence-electron chi connectivity index (χ3n) is 3.78. The highest BCUT2D eigenvalue weighted by atomic mass is 79.9. The van der Waals surface area contributed by atoms with E-state index in [2.05, 4.69) is 21.2 Å². The predicted octanol–water partition coefficient (Wildman–Crippen LogP) is 5.07. The van der Waals surface area contributed by atoms with E-state index in [-0.39, 0.29) is 11.6 Å². The molecule has 0 saturated heterocycles. The van der Waals surface area contributed by atoms with Gasteiger partial charge in [-0.15, -0.1) is 0 Å². The minimum Gasteiger partial charge on any atom is -0.322 e. The van der Waals surface area contributed by atoms with E-state index in [1.165, 1.54) is 12.1 Å². The Bertz CT molecular complexity index is 970. The zero-order valence-corrected chi connectivity index (χ0v) is 14.3. The number of hydrogen-bond acceptors (Lipinski definition) is 3. The van der Waals surface area contributed by atoms with Crippen LogP contribution in [0.2, 0.25) is 0 Å². The van der Waals surface area contributed by atoms with E-state index >= 15 is 0 Å². The number of hydrogen-bond donors (Lipinski definition) is 1. The van der Waals surface area contributed by atoms with Crippen LogP contribution in [0.3, 0.4) is 0 Å². The molecule has 3 rings (SSSR count). The normalized spacial score (nSPS) is 10.6. The molecule has 5 nitrogen and oxygen atoms in total. The van der Waals surface area contributed by atoms with Crippen molar-refractivity contribution >= 4 is 44.0 Å². The van der Waals surface area contributed by atoms with Crippen LogP contribution in [-0.4, -0.2) is 10.8 Å². The number of amides is 1. The van der Waals surface area contributed by atoms with Gasteiger partial charge in [0.2, 0.25) is 0 Å². The summed E-state index contributed by atoms with van der Waals surface area (Å²) >= 11 is 3.48. The van der Waals surface area contributed by atoms with E-state index in [1.54, 1.807) is 19.1 Å². The Balaban J connectivity index is 1.97. The second-order valence-electron chi connectivity index (χ2n) is 5.35. The molecule has 0 spiro atoms. The van der Waals surface area contributed by atoms with Crippen LogP contribution in [0.15, 0.2) is 59.1 Å². The maximum absolute atomic E-state index is 12.7. The molecule has 6 heteroatoms. The molecule has 0 aromatic heterocycles. The van der Waals surface area contributed by atoms with Crippen LogP contribution < -0.4 is 5.32 Å². The van der Waals surface area contributed by atoms with Crippen molar-refractivity contribution in [3.05, 3.63) is 80.3 Å². The zero-order valence-electron chi connectivity index (χ0n) is 12.7. The second kappa shape index (κ2) is 6.41. The van der Waals surface area contributed by atoms with Crippen molar-refractivity contribution in [2.24, 2.45) is 0 Å². The molecule has 0 radical (unpaired) electrons. The number of nitro benzene ring substituents is 1. The van der Waals surface area contributed by atoms with Gasteiger partial charge in [0.05, 0.1) is 4.92 Å². The maximum atomic E-state index is 12.7. The fourth-order valence-electron chi connectivity index (χ4n) is 2.56. The van der Waals surface area contributed by atoms with Crippen molar-refractivity contribution in [1.29, 1.82) is 0 Å². The number of halogens is 1. The minimum absolute atomic E-state index is 0.000379. The molecule has 0 aliphatic heterocycles. The number of nitro groups is 1. The Morgan fingerprint density at radius 1 is 1.08 bits per heavy atom. The van der Waals surface area contributed by atoms with Gasteiger partial charge in [0.1, 0.15) is 0 Å². The van der Waals surface area contributed by atoms with E-state index in [4.69, 9.17) is 0 Å². The maximum Gasteiger partial charge on any atom is 0.269 e. The van der Waals surface area contributed by atoms with Crippen LogP contribution in [0.4, 0.5) is 11.4 Å². The zero-order chi connectivity index (χ0) is 17.3. The molecule has 3 aromatic carbocycles. The number of anilines is 1. The number of rotatable bonds is 3. The van der Waals surface area contributed by atoms with Crippen molar-refractivity contribution in [2.75, 3.05) is 5.32 Å². The Morgan fingerprint density at radius 3 is 2.50 bits per heavy atom. The fraction of sp³-hybridized carbons (Fsp3) is 0.0556. The molecule has 0 atom stereocenters. The number of nitrogens with one attached hydrogen (secondary N) is 1. The standard InChI is InChI=1S/C18H13BrN2O3/c1-11-10-12(21(23)24)8-9-17(11)20-18(22)15-6-2-5-14-13(15)4-3-7-16(14)19/h2-10H,1H3,(H,20,22). The summed E-state index contributed by atoms with van der Waals surface area (Å²) in [5.74, 6) is -0.254. The number of fused-ring (bicyclic) bond motifs is 1. The van der Waals surface area contributed by atoms with Gasteiger partial charge in [-0.2, -0.15) is 0 Å². The summed E-state index contributed by atoms with van der Waals surface area (Å²) in [5.41, 5.74) is 1.74. The lowest BCUT2D eigenvalue weighted by Crippen LogP contribution is -2.13. The Labute approximate surface area is 146 Å². The number of non-ortho nitro benzene ring substituents is 1. The third-order valence-corrected chi connectivity index (χ3v) is 4.47. The van der Waals surface area contributed by atoms with Crippen molar-refractivity contribution in [3.63, 3.8) is 0 Å². The highest BCUT2D eigenvalue weighted by Gasteiger charge is 2.14. The first-order chi connectivity index (χ1) is 11.5. The first-order valence-electron chi connectivity index (χ1n) is 7.21. The summed E-state index contributed by atoms with van der Waals surface area (Å²) in [5, 5.41) is 15.4. The lowest BCUT2D eigenvalue weighted by atomic mass is 10.0. The summed E-state index contributed by atoms with van der Waals surface area (Å²) < 4.78 is 0.918. The number of benzene rings is 3. The quantitative estimate of drug-likeness (QED) is 0.505. The van der Waals surface area contributed by atoms with E-state index in [1.807, 2.05) is 30.3 Å². The molecule has 0 aliphatic rings. The van der Waals surface area contributed by atoms with Gasteiger partial charge in [-0.3, -0.25) is 14.9 Å². The first-order valence-corrected chi connectivity index (χ1v) is 8.00. The van der Waals surface area contributed by atoms with Crippen LogP contribution in [0, 0.1) is 17.0 Å². The average molecular weight is 385 g/mol. The van der Waals surface area contributed by atoms with Crippen molar-refractivity contribution < 1.29 is 9.72 Å². The van der Waals surface area contributed by atoms with Gasteiger partial charge in [0.25, 0.3) is 11.6 Å². The molecule has 0 aliphatic carbocycles. The second-order valence-corrected chi connectivity index (χ2v) is 6.21.